The molecule has 0 bridgehead atoms. The van der Waals surface area contributed by atoms with Gasteiger partial charge in [-0.25, -0.2) is 8.42 Å². The summed E-state index contributed by atoms with van der Waals surface area (Å²) in [5.74, 6) is -0.752. The number of hydrogen-bond acceptors (Lipinski definition) is 4. The molecular weight excluding hydrogens is 462 g/mol. The van der Waals surface area contributed by atoms with Crippen LogP contribution in [0.25, 0.3) is 0 Å². The summed E-state index contributed by atoms with van der Waals surface area (Å²) in [4.78, 5) is 28.0. The lowest BCUT2D eigenvalue weighted by atomic mass is 10.1. The highest BCUT2D eigenvalue weighted by Gasteiger charge is 2.32. The molecule has 0 saturated carbocycles. The van der Waals surface area contributed by atoms with E-state index in [1.54, 1.807) is 18.2 Å². The molecule has 7 nitrogen and oxygen atoms in total. The summed E-state index contributed by atoms with van der Waals surface area (Å²) in [6.07, 6.45) is 1.42. The second-order valence-electron chi connectivity index (χ2n) is 8.28. The minimum atomic E-state index is -3.79. The molecule has 0 spiro atoms. The standard InChI is InChI=1S/C24H32ClN3O4S/c1-6-22(24(30)26-17(2)3)27(15-19-11-8-7-10-18(19)4)23(29)16-28(33(5,31)32)21-13-9-12-20(25)14-21/h7-14,17,22H,6,15-16H2,1-5H3,(H,26,30). The van der Waals surface area contributed by atoms with E-state index in [-0.39, 0.29) is 24.2 Å². The molecule has 33 heavy (non-hydrogen) atoms. The van der Waals surface area contributed by atoms with E-state index in [2.05, 4.69) is 5.32 Å². The molecule has 2 amide bonds. The van der Waals surface area contributed by atoms with E-state index in [0.29, 0.717) is 11.4 Å². The van der Waals surface area contributed by atoms with Crippen molar-refractivity contribution in [2.45, 2.75) is 52.7 Å². The van der Waals surface area contributed by atoms with Crippen molar-refractivity contribution < 1.29 is 18.0 Å². The number of halogens is 1. The molecule has 0 aliphatic carbocycles. The topological polar surface area (TPSA) is 86.8 Å². The molecule has 1 atom stereocenters. The Balaban J connectivity index is 2.46. The van der Waals surface area contributed by atoms with Gasteiger partial charge in [-0.2, -0.15) is 0 Å². The van der Waals surface area contributed by atoms with Gasteiger partial charge in [-0.05, 0) is 56.5 Å². The van der Waals surface area contributed by atoms with Gasteiger partial charge in [0.2, 0.25) is 21.8 Å². The van der Waals surface area contributed by atoms with Crippen LogP contribution in [0, 0.1) is 6.92 Å². The number of carbonyl (C=O) groups is 2. The van der Waals surface area contributed by atoms with Crippen molar-refractivity contribution in [3.05, 3.63) is 64.7 Å². The molecule has 2 aromatic rings. The second-order valence-corrected chi connectivity index (χ2v) is 10.6. The first kappa shape index (κ1) is 26.7. The first-order chi connectivity index (χ1) is 15.4. The average molecular weight is 494 g/mol. The highest BCUT2D eigenvalue weighted by atomic mass is 35.5. The SMILES string of the molecule is CCC(C(=O)NC(C)C)N(Cc1ccccc1C)C(=O)CN(c1cccc(Cl)c1)S(C)(=O)=O. The van der Waals surface area contributed by atoms with Crippen molar-refractivity contribution in [2.24, 2.45) is 0 Å². The summed E-state index contributed by atoms with van der Waals surface area (Å²) in [5, 5.41) is 3.22. The lowest BCUT2D eigenvalue weighted by molar-refractivity contribution is -0.140. The van der Waals surface area contributed by atoms with E-state index in [4.69, 9.17) is 11.6 Å². The van der Waals surface area contributed by atoms with Gasteiger partial charge in [-0.1, -0.05) is 48.9 Å². The lowest BCUT2D eigenvalue weighted by Gasteiger charge is -2.33. The van der Waals surface area contributed by atoms with Gasteiger partial charge in [0.15, 0.2) is 0 Å². The Labute approximate surface area is 201 Å². The maximum absolute atomic E-state index is 13.6. The van der Waals surface area contributed by atoms with Crippen LogP contribution in [0.3, 0.4) is 0 Å². The molecule has 0 heterocycles. The van der Waals surface area contributed by atoms with Crippen LogP contribution in [0.2, 0.25) is 5.02 Å². The Hall–Kier alpha value is -2.58. The van der Waals surface area contributed by atoms with Crippen molar-refractivity contribution in [3.63, 3.8) is 0 Å². The number of nitrogens with one attached hydrogen (secondary N) is 1. The monoisotopic (exact) mass is 493 g/mol. The summed E-state index contributed by atoms with van der Waals surface area (Å²) < 4.78 is 26.1. The number of hydrogen-bond donors (Lipinski definition) is 1. The van der Waals surface area contributed by atoms with Gasteiger partial charge >= 0.3 is 0 Å². The molecule has 1 N–H and O–H groups in total. The summed E-state index contributed by atoms with van der Waals surface area (Å²) in [7, 11) is -3.79. The predicted molar refractivity (Wildman–Crippen MR) is 133 cm³/mol. The van der Waals surface area contributed by atoms with Crippen LogP contribution in [0.15, 0.2) is 48.5 Å². The fraction of sp³-hybridized carbons (Fsp3) is 0.417. The Morgan fingerprint density at radius 2 is 1.76 bits per heavy atom. The average Bonchev–Trinajstić information content (AvgIpc) is 2.71. The molecule has 2 aromatic carbocycles. The van der Waals surface area contributed by atoms with Crippen molar-refractivity contribution in [1.82, 2.24) is 10.2 Å². The molecular formula is C24H32ClN3O4S. The maximum atomic E-state index is 13.6. The van der Waals surface area contributed by atoms with Crippen molar-refractivity contribution >= 4 is 39.1 Å². The van der Waals surface area contributed by atoms with Gasteiger partial charge in [0.25, 0.3) is 0 Å². The number of nitrogens with zero attached hydrogens (tertiary/aromatic N) is 2. The van der Waals surface area contributed by atoms with Crippen molar-refractivity contribution in [1.29, 1.82) is 0 Å². The first-order valence-corrected chi connectivity index (χ1v) is 13.0. The molecule has 1 unspecified atom stereocenters. The molecule has 0 aliphatic heterocycles. The Morgan fingerprint density at radius 3 is 2.30 bits per heavy atom. The highest BCUT2D eigenvalue weighted by Crippen LogP contribution is 2.23. The van der Waals surface area contributed by atoms with E-state index in [1.807, 2.05) is 52.0 Å². The number of rotatable bonds is 10. The molecule has 0 saturated heterocycles. The van der Waals surface area contributed by atoms with E-state index in [0.717, 1.165) is 21.7 Å². The smallest absolute Gasteiger partial charge is 0.244 e. The summed E-state index contributed by atoms with van der Waals surface area (Å²) >= 11 is 6.06. The molecule has 180 valence electrons. The van der Waals surface area contributed by atoms with Gasteiger partial charge in [-0.3, -0.25) is 13.9 Å². The van der Waals surface area contributed by atoms with E-state index in [9.17, 15) is 18.0 Å². The van der Waals surface area contributed by atoms with Crippen LogP contribution in [-0.4, -0.2) is 50.0 Å². The minimum absolute atomic E-state index is 0.0963. The summed E-state index contributed by atoms with van der Waals surface area (Å²) in [6, 6.07) is 13.1. The van der Waals surface area contributed by atoms with Crippen LogP contribution in [0.1, 0.15) is 38.3 Å². The zero-order valence-corrected chi connectivity index (χ0v) is 21.3. The predicted octanol–water partition coefficient (Wildman–Crippen LogP) is 3.75. The molecule has 9 heteroatoms. The molecule has 2 rings (SSSR count). The van der Waals surface area contributed by atoms with Gasteiger partial charge < -0.3 is 10.2 Å². The number of anilines is 1. The van der Waals surface area contributed by atoms with Crippen LogP contribution >= 0.6 is 11.6 Å². The minimum Gasteiger partial charge on any atom is -0.352 e. The van der Waals surface area contributed by atoms with Gasteiger partial charge in [0.1, 0.15) is 12.6 Å². The first-order valence-electron chi connectivity index (χ1n) is 10.8. The number of amides is 2. The third-order valence-electron chi connectivity index (χ3n) is 5.19. The maximum Gasteiger partial charge on any atom is 0.244 e. The fourth-order valence-electron chi connectivity index (χ4n) is 3.52. The third-order valence-corrected chi connectivity index (χ3v) is 6.57. The van der Waals surface area contributed by atoms with Crippen molar-refractivity contribution in [2.75, 3.05) is 17.1 Å². The molecule has 0 fully saturated rings. The van der Waals surface area contributed by atoms with E-state index < -0.39 is 28.5 Å². The summed E-state index contributed by atoms with van der Waals surface area (Å²) in [6.45, 7) is 7.19. The quantitative estimate of drug-likeness (QED) is 0.546. The number of carbonyl (C=O) groups excluding carboxylic acids is 2. The van der Waals surface area contributed by atoms with Crippen LogP contribution < -0.4 is 9.62 Å². The Kier molecular flexibility index (Phi) is 9.31. The fourth-order valence-corrected chi connectivity index (χ4v) is 4.54. The third kappa shape index (κ3) is 7.47. The van der Waals surface area contributed by atoms with Gasteiger partial charge in [-0.15, -0.1) is 0 Å². The van der Waals surface area contributed by atoms with E-state index in [1.165, 1.54) is 11.0 Å². The Bertz CT molecular complexity index is 1090. The van der Waals surface area contributed by atoms with Crippen LogP contribution in [0.5, 0.6) is 0 Å². The largest absolute Gasteiger partial charge is 0.352 e. The van der Waals surface area contributed by atoms with Crippen molar-refractivity contribution in [3.8, 4) is 0 Å². The van der Waals surface area contributed by atoms with Gasteiger partial charge in [0.05, 0.1) is 11.9 Å². The van der Waals surface area contributed by atoms with Crippen LogP contribution in [0.4, 0.5) is 5.69 Å². The summed E-state index contributed by atoms with van der Waals surface area (Å²) in [5.41, 5.74) is 2.15. The zero-order valence-electron chi connectivity index (χ0n) is 19.7. The Morgan fingerprint density at radius 1 is 1.09 bits per heavy atom. The molecule has 0 aliphatic rings. The molecule has 0 radical (unpaired) electrons. The zero-order chi connectivity index (χ0) is 24.8. The van der Waals surface area contributed by atoms with E-state index >= 15 is 0 Å². The second kappa shape index (κ2) is 11.5. The number of sulfonamides is 1. The lowest BCUT2D eigenvalue weighted by Crippen LogP contribution is -2.53. The number of benzene rings is 2. The normalized spacial score (nSPS) is 12.3. The highest BCUT2D eigenvalue weighted by molar-refractivity contribution is 7.92. The van der Waals surface area contributed by atoms with Gasteiger partial charge in [0, 0.05) is 17.6 Å². The van der Waals surface area contributed by atoms with Crippen LogP contribution in [-0.2, 0) is 26.2 Å². The number of aryl methyl sites for hydroxylation is 1. The molecule has 0 aromatic heterocycles.